The zero-order valence-electron chi connectivity index (χ0n) is 9.40. The van der Waals surface area contributed by atoms with Crippen molar-refractivity contribution in [1.29, 1.82) is 0 Å². The summed E-state index contributed by atoms with van der Waals surface area (Å²) in [6.07, 6.45) is 2.40. The summed E-state index contributed by atoms with van der Waals surface area (Å²) >= 11 is 5.70. The first-order chi connectivity index (χ1) is 7.54. The molecular weight excluding hydrogens is 226 g/mol. The molecule has 1 aromatic heterocycles. The maximum atomic E-state index is 11.7. The monoisotopic (exact) mass is 241 g/mol. The third-order valence-electron chi connectivity index (χ3n) is 2.55. The summed E-state index contributed by atoms with van der Waals surface area (Å²) in [6, 6.07) is 2.76. The van der Waals surface area contributed by atoms with Crippen molar-refractivity contribution >= 4 is 23.2 Å². The number of anilines is 1. The highest BCUT2D eigenvalue weighted by atomic mass is 35.5. The Morgan fingerprint density at radius 2 is 2.38 bits per heavy atom. The molecule has 5 heteroatoms. The van der Waals surface area contributed by atoms with E-state index < -0.39 is 6.04 Å². The minimum Gasteiger partial charge on any atom is -0.325 e. The SMILES string of the molecule is CCC(C)C(N)C(=O)Nc1ccnc(Cl)c1. The second-order valence-electron chi connectivity index (χ2n) is 3.77. The number of carbonyl (C=O) groups excluding carboxylic acids is 1. The first kappa shape index (κ1) is 12.9. The van der Waals surface area contributed by atoms with E-state index in [-0.39, 0.29) is 11.8 Å². The molecule has 2 unspecified atom stereocenters. The predicted molar refractivity (Wildman–Crippen MR) is 65.3 cm³/mol. The number of hydrogen-bond acceptors (Lipinski definition) is 3. The molecule has 0 fully saturated rings. The third-order valence-corrected chi connectivity index (χ3v) is 2.76. The van der Waals surface area contributed by atoms with Crippen molar-refractivity contribution in [3.8, 4) is 0 Å². The standard InChI is InChI=1S/C11H16ClN3O/c1-3-7(2)10(13)11(16)15-8-4-5-14-9(12)6-8/h4-7,10H,3,13H2,1-2H3,(H,14,15,16). The maximum Gasteiger partial charge on any atom is 0.241 e. The fourth-order valence-corrected chi connectivity index (χ4v) is 1.39. The summed E-state index contributed by atoms with van der Waals surface area (Å²) in [6.45, 7) is 3.95. The molecule has 1 rings (SSSR count). The molecular formula is C11H16ClN3O. The second kappa shape index (κ2) is 5.82. The quantitative estimate of drug-likeness (QED) is 0.793. The minimum absolute atomic E-state index is 0.150. The van der Waals surface area contributed by atoms with E-state index >= 15 is 0 Å². The number of rotatable bonds is 4. The van der Waals surface area contributed by atoms with Gasteiger partial charge in [0.1, 0.15) is 5.15 Å². The number of nitrogens with two attached hydrogens (primary N) is 1. The van der Waals surface area contributed by atoms with Crippen LogP contribution in [0, 0.1) is 5.92 Å². The van der Waals surface area contributed by atoms with Gasteiger partial charge in [0.25, 0.3) is 0 Å². The molecule has 2 atom stereocenters. The van der Waals surface area contributed by atoms with Crippen molar-refractivity contribution in [2.24, 2.45) is 11.7 Å². The number of nitrogens with zero attached hydrogens (tertiary/aromatic N) is 1. The summed E-state index contributed by atoms with van der Waals surface area (Å²) in [5, 5.41) is 3.05. The van der Waals surface area contributed by atoms with Crippen molar-refractivity contribution in [3.05, 3.63) is 23.5 Å². The van der Waals surface area contributed by atoms with Crippen molar-refractivity contribution in [2.75, 3.05) is 5.32 Å². The first-order valence-corrected chi connectivity index (χ1v) is 5.60. The topological polar surface area (TPSA) is 68.0 Å². The van der Waals surface area contributed by atoms with Gasteiger partial charge in [-0.05, 0) is 18.1 Å². The average Bonchev–Trinajstić information content (AvgIpc) is 2.27. The van der Waals surface area contributed by atoms with Crippen LogP contribution in [0.1, 0.15) is 20.3 Å². The number of halogens is 1. The van der Waals surface area contributed by atoms with Gasteiger partial charge in [0.2, 0.25) is 5.91 Å². The molecule has 0 spiro atoms. The third kappa shape index (κ3) is 3.47. The summed E-state index contributed by atoms with van der Waals surface area (Å²) in [5.41, 5.74) is 6.41. The van der Waals surface area contributed by atoms with Gasteiger partial charge in [0, 0.05) is 11.9 Å². The molecule has 0 saturated heterocycles. The maximum absolute atomic E-state index is 11.7. The lowest BCUT2D eigenvalue weighted by molar-refractivity contribution is -0.118. The van der Waals surface area contributed by atoms with Gasteiger partial charge in [-0.2, -0.15) is 0 Å². The van der Waals surface area contributed by atoms with Gasteiger partial charge in [0.15, 0.2) is 0 Å². The van der Waals surface area contributed by atoms with E-state index in [1.54, 1.807) is 12.1 Å². The average molecular weight is 242 g/mol. The molecule has 3 N–H and O–H groups in total. The van der Waals surface area contributed by atoms with Crippen LogP contribution < -0.4 is 11.1 Å². The van der Waals surface area contributed by atoms with Crippen LogP contribution >= 0.6 is 11.6 Å². The molecule has 0 aliphatic carbocycles. The number of amides is 1. The summed E-state index contributed by atoms with van der Waals surface area (Å²) in [7, 11) is 0. The van der Waals surface area contributed by atoms with Crippen molar-refractivity contribution in [2.45, 2.75) is 26.3 Å². The highest BCUT2D eigenvalue weighted by molar-refractivity contribution is 6.29. The Kier molecular flexibility index (Phi) is 4.71. The first-order valence-electron chi connectivity index (χ1n) is 5.22. The Bertz CT molecular complexity index is 370. The number of pyridine rings is 1. The van der Waals surface area contributed by atoms with E-state index in [9.17, 15) is 4.79 Å². The normalized spacial score (nSPS) is 14.2. The van der Waals surface area contributed by atoms with E-state index in [4.69, 9.17) is 17.3 Å². The number of aromatic nitrogens is 1. The Hall–Kier alpha value is -1.13. The van der Waals surface area contributed by atoms with Crippen LogP contribution in [0.3, 0.4) is 0 Å². The van der Waals surface area contributed by atoms with Crippen LogP contribution in [0.15, 0.2) is 18.3 Å². The number of carbonyl (C=O) groups is 1. The molecule has 0 aliphatic rings. The Balaban J connectivity index is 2.64. The van der Waals surface area contributed by atoms with E-state index in [0.29, 0.717) is 10.8 Å². The predicted octanol–water partition coefficient (Wildman–Crippen LogP) is 2.05. The lowest BCUT2D eigenvalue weighted by Crippen LogP contribution is -2.40. The van der Waals surface area contributed by atoms with Crippen LogP contribution in [0.5, 0.6) is 0 Å². The fraction of sp³-hybridized carbons (Fsp3) is 0.455. The molecule has 0 radical (unpaired) electrons. The molecule has 88 valence electrons. The molecule has 0 aromatic carbocycles. The molecule has 4 nitrogen and oxygen atoms in total. The molecule has 1 heterocycles. The lowest BCUT2D eigenvalue weighted by atomic mass is 9.99. The largest absolute Gasteiger partial charge is 0.325 e. The van der Waals surface area contributed by atoms with Crippen LogP contribution in [0.4, 0.5) is 5.69 Å². The number of hydrogen-bond donors (Lipinski definition) is 2. The molecule has 1 amide bonds. The van der Waals surface area contributed by atoms with Crippen LogP contribution in [-0.2, 0) is 4.79 Å². The molecule has 0 bridgehead atoms. The van der Waals surface area contributed by atoms with Gasteiger partial charge in [-0.15, -0.1) is 0 Å². The van der Waals surface area contributed by atoms with Crippen LogP contribution in [0.25, 0.3) is 0 Å². The highest BCUT2D eigenvalue weighted by Gasteiger charge is 2.19. The highest BCUT2D eigenvalue weighted by Crippen LogP contribution is 2.13. The van der Waals surface area contributed by atoms with E-state index in [2.05, 4.69) is 10.3 Å². The Labute approximate surface area is 100 Å². The lowest BCUT2D eigenvalue weighted by Gasteiger charge is -2.17. The molecule has 0 saturated carbocycles. The van der Waals surface area contributed by atoms with Crippen molar-refractivity contribution < 1.29 is 4.79 Å². The van der Waals surface area contributed by atoms with Crippen molar-refractivity contribution in [1.82, 2.24) is 4.98 Å². The van der Waals surface area contributed by atoms with Gasteiger partial charge in [-0.3, -0.25) is 4.79 Å². The van der Waals surface area contributed by atoms with E-state index in [1.807, 2.05) is 13.8 Å². The van der Waals surface area contributed by atoms with Crippen LogP contribution in [-0.4, -0.2) is 16.9 Å². The van der Waals surface area contributed by atoms with Gasteiger partial charge in [0.05, 0.1) is 6.04 Å². The summed E-state index contributed by atoms with van der Waals surface area (Å²) in [4.78, 5) is 15.6. The molecule has 16 heavy (non-hydrogen) atoms. The Morgan fingerprint density at radius 3 is 2.94 bits per heavy atom. The van der Waals surface area contributed by atoms with Crippen molar-refractivity contribution in [3.63, 3.8) is 0 Å². The summed E-state index contributed by atoms with van der Waals surface area (Å²) < 4.78 is 0. The Morgan fingerprint density at radius 1 is 1.69 bits per heavy atom. The van der Waals surface area contributed by atoms with Gasteiger partial charge < -0.3 is 11.1 Å². The van der Waals surface area contributed by atoms with E-state index in [0.717, 1.165) is 6.42 Å². The smallest absolute Gasteiger partial charge is 0.241 e. The van der Waals surface area contributed by atoms with E-state index in [1.165, 1.54) is 6.20 Å². The minimum atomic E-state index is -0.503. The summed E-state index contributed by atoms with van der Waals surface area (Å²) in [5.74, 6) is -0.0473. The molecule has 1 aromatic rings. The fourth-order valence-electron chi connectivity index (χ4n) is 1.22. The second-order valence-corrected chi connectivity index (χ2v) is 4.16. The zero-order valence-corrected chi connectivity index (χ0v) is 10.2. The number of nitrogens with one attached hydrogen (secondary N) is 1. The van der Waals surface area contributed by atoms with Gasteiger partial charge >= 0.3 is 0 Å². The van der Waals surface area contributed by atoms with Gasteiger partial charge in [-0.1, -0.05) is 31.9 Å². The molecule has 0 aliphatic heterocycles. The zero-order chi connectivity index (χ0) is 12.1. The van der Waals surface area contributed by atoms with Gasteiger partial charge in [-0.25, -0.2) is 4.98 Å². The van der Waals surface area contributed by atoms with Crippen LogP contribution in [0.2, 0.25) is 5.15 Å².